The van der Waals surface area contributed by atoms with Crippen LogP contribution in [0, 0.1) is 26.6 Å². The van der Waals surface area contributed by atoms with Gasteiger partial charge >= 0.3 is 0 Å². The molecule has 0 spiro atoms. The highest BCUT2D eigenvalue weighted by atomic mass is 32.1. The third-order valence-electron chi connectivity index (χ3n) is 4.72. The molecule has 0 unspecified atom stereocenters. The topological polar surface area (TPSA) is 46.9 Å². The molecule has 0 aliphatic heterocycles. The second-order valence-electron chi connectivity index (χ2n) is 6.97. The molecule has 2 aromatic carbocycles. The molecule has 142 valence electrons. The normalized spacial score (nSPS) is 11.1. The summed E-state index contributed by atoms with van der Waals surface area (Å²) >= 11 is 1.42. The van der Waals surface area contributed by atoms with Crippen molar-refractivity contribution in [1.29, 1.82) is 0 Å². The van der Waals surface area contributed by atoms with Crippen molar-refractivity contribution in [2.24, 2.45) is 0 Å². The van der Waals surface area contributed by atoms with E-state index >= 15 is 0 Å². The average Bonchev–Trinajstić information content (AvgIpc) is 3.22. The molecule has 0 saturated heterocycles. The fourth-order valence-electron chi connectivity index (χ4n) is 3.15. The van der Waals surface area contributed by atoms with Gasteiger partial charge in [0.2, 0.25) is 0 Å². The van der Waals surface area contributed by atoms with E-state index in [1.807, 2.05) is 49.7 Å². The number of halogens is 1. The van der Waals surface area contributed by atoms with E-state index in [4.69, 9.17) is 0 Å². The van der Waals surface area contributed by atoms with Crippen LogP contribution in [0.25, 0.3) is 10.2 Å². The third-order valence-corrected chi connectivity index (χ3v) is 5.87. The molecule has 0 radical (unpaired) electrons. The zero-order chi connectivity index (χ0) is 19.8. The molecule has 0 fully saturated rings. The van der Waals surface area contributed by atoms with Crippen molar-refractivity contribution in [1.82, 2.24) is 9.78 Å². The van der Waals surface area contributed by atoms with Gasteiger partial charge in [-0.15, -0.1) is 11.3 Å². The van der Waals surface area contributed by atoms with Gasteiger partial charge in [0.15, 0.2) is 0 Å². The molecule has 4 nitrogen and oxygen atoms in total. The molecule has 2 heterocycles. The van der Waals surface area contributed by atoms with Gasteiger partial charge in [0, 0.05) is 11.1 Å². The number of rotatable bonds is 4. The number of hydrogen-bond donors (Lipinski definition) is 1. The molecule has 2 aromatic heterocycles. The number of anilines is 1. The third kappa shape index (κ3) is 3.55. The number of thiophene rings is 1. The molecular weight excluding hydrogens is 373 g/mol. The van der Waals surface area contributed by atoms with Crippen molar-refractivity contribution < 1.29 is 9.18 Å². The summed E-state index contributed by atoms with van der Waals surface area (Å²) in [5, 5.41) is 8.56. The summed E-state index contributed by atoms with van der Waals surface area (Å²) in [5.41, 5.74) is 4.79. The number of hydrogen-bond acceptors (Lipinski definition) is 3. The highest BCUT2D eigenvalue weighted by Gasteiger charge is 2.17. The Balaban J connectivity index is 1.63. The van der Waals surface area contributed by atoms with Crippen molar-refractivity contribution in [2.45, 2.75) is 27.3 Å². The van der Waals surface area contributed by atoms with E-state index in [0.29, 0.717) is 11.4 Å². The van der Waals surface area contributed by atoms with Crippen LogP contribution in [-0.4, -0.2) is 15.7 Å². The molecule has 1 amide bonds. The first-order chi connectivity index (χ1) is 13.4. The zero-order valence-electron chi connectivity index (χ0n) is 15.9. The maximum absolute atomic E-state index is 13.1. The number of carbonyl (C=O) groups excluding carboxylic acids is 1. The maximum atomic E-state index is 13.1. The van der Waals surface area contributed by atoms with E-state index in [9.17, 15) is 9.18 Å². The molecule has 0 aliphatic carbocycles. The van der Waals surface area contributed by atoms with Crippen LogP contribution in [0.1, 0.15) is 32.1 Å². The van der Waals surface area contributed by atoms with Gasteiger partial charge in [-0.2, -0.15) is 5.10 Å². The molecule has 0 saturated carbocycles. The van der Waals surface area contributed by atoms with Crippen molar-refractivity contribution >= 4 is 33.1 Å². The van der Waals surface area contributed by atoms with Crippen LogP contribution < -0.4 is 5.32 Å². The van der Waals surface area contributed by atoms with E-state index in [1.54, 1.807) is 12.1 Å². The Morgan fingerprint density at radius 3 is 2.61 bits per heavy atom. The molecule has 0 atom stereocenters. The number of benzene rings is 2. The van der Waals surface area contributed by atoms with Crippen molar-refractivity contribution in [3.63, 3.8) is 0 Å². The summed E-state index contributed by atoms with van der Waals surface area (Å²) in [5.74, 6) is -0.380. The van der Waals surface area contributed by atoms with Crippen LogP contribution in [0.4, 0.5) is 10.1 Å². The van der Waals surface area contributed by atoms with Gasteiger partial charge in [-0.25, -0.2) is 4.39 Å². The Bertz CT molecular complexity index is 1170. The minimum Gasteiger partial charge on any atom is -0.321 e. The van der Waals surface area contributed by atoms with E-state index in [-0.39, 0.29) is 11.7 Å². The number of aryl methyl sites for hydroxylation is 3. The monoisotopic (exact) mass is 393 g/mol. The molecular formula is C22H20FN3OS. The molecule has 4 aromatic rings. The summed E-state index contributed by atoms with van der Waals surface area (Å²) in [6, 6.07) is 14.3. The largest absolute Gasteiger partial charge is 0.321 e. The lowest BCUT2D eigenvalue weighted by molar-refractivity contribution is 0.103. The minimum absolute atomic E-state index is 0.123. The number of amides is 1. The predicted octanol–water partition coefficient (Wildman–Crippen LogP) is 5.46. The molecule has 1 N–H and O–H groups in total. The minimum atomic E-state index is -0.257. The van der Waals surface area contributed by atoms with Crippen molar-refractivity contribution in [2.75, 3.05) is 5.32 Å². The Morgan fingerprint density at radius 1 is 1.11 bits per heavy atom. The number of aromatic nitrogens is 2. The van der Waals surface area contributed by atoms with Gasteiger partial charge in [-0.1, -0.05) is 24.3 Å². The lowest BCUT2D eigenvalue weighted by Gasteiger charge is -2.08. The summed E-state index contributed by atoms with van der Waals surface area (Å²) in [4.78, 5) is 14.4. The molecule has 6 heteroatoms. The fourth-order valence-corrected chi connectivity index (χ4v) is 4.21. The number of nitrogens with zero attached hydrogens (tertiary/aromatic N) is 2. The number of fused-ring (bicyclic) bond motifs is 1. The van der Waals surface area contributed by atoms with E-state index in [0.717, 1.165) is 38.3 Å². The second-order valence-corrected chi connectivity index (χ2v) is 8.00. The fraction of sp³-hybridized carbons (Fsp3) is 0.182. The molecule has 0 bridgehead atoms. The van der Waals surface area contributed by atoms with Gasteiger partial charge in [0.25, 0.3) is 5.91 Å². The number of nitrogens with one attached hydrogen (secondary N) is 1. The second kappa shape index (κ2) is 7.20. The van der Waals surface area contributed by atoms with Crippen molar-refractivity contribution in [3.8, 4) is 0 Å². The van der Waals surface area contributed by atoms with Gasteiger partial charge < -0.3 is 5.32 Å². The highest BCUT2D eigenvalue weighted by Crippen LogP contribution is 2.30. The maximum Gasteiger partial charge on any atom is 0.265 e. The summed E-state index contributed by atoms with van der Waals surface area (Å²) in [6.45, 7) is 6.44. The van der Waals surface area contributed by atoms with Crippen molar-refractivity contribution in [3.05, 3.63) is 81.6 Å². The molecule has 4 rings (SSSR count). The van der Waals surface area contributed by atoms with Gasteiger partial charge in [-0.05, 0) is 61.7 Å². The van der Waals surface area contributed by atoms with E-state index in [1.165, 1.54) is 23.5 Å². The Labute approximate surface area is 166 Å². The van der Waals surface area contributed by atoms with Crippen LogP contribution >= 0.6 is 11.3 Å². The smallest absolute Gasteiger partial charge is 0.265 e. The van der Waals surface area contributed by atoms with Crippen LogP contribution in [0.3, 0.4) is 0 Å². The van der Waals surface area contributed by atoms with Crippen LogP contribution in [-0.2, 0) is 6.54 Å². The summed E-state index contributed by atoms with van der Waals surface area (Å²) in [6.07, 6.45) is 0. The Hall–Kier alpha value is -2.99. The van der Waals surface area contributed by atoms with E-state index < -0.39 is 0 Å². The molecule has 0 aliphatic rings. The van der Waals surface area contributed by atoms with Crippen LogP contribution in [0.2, 0.25) is 0 Å². The first-order valence-electron chi connectivity index (χ1n) is 9.01. The Morgan fingerprint density at radius 2 is 1.86 bits per heavy atom. The average molecular weight is 393 g/mol. The van der Waals surface area contributed by atoms with E-state index in [2.05, 4.69) is 10.4 Å². The standard InChI is InChI=1S/C22H20FN3OS/c1-13-4-5-14(2)19(10-13)24-21(27)20-11-18-15(3)25-26(22(18)28-20)12-16-6-8-17(23)9-7-16/h4-11H,12H2,1-3H3,(H,24,27). The lowest BCUT2D eigenvalue weighted by Crippen LogP contribution is -2.11. The van der Waals surface area contributed by atoms with Crippen LogP contribution in [0.15, 0.2) is 48.5 Å². The molecule has 28 heavy (non-hydrogen) atoms. The summed E-state index contributed by atoms with van der Waals surface area (Å²) in [7, 11) is 0. The number of carbonyl (C=O) groups is 1. The predicted molar refractivity (Wildman–Crippen MR) is 112 cm³/mol. The first kappa shape index (κ1) is 18.4. The zero-order valence-corrected chi connectivity index (χ0v) is 16.7. The summed E-state index contributed by atoms with van der Waals surface area (Å²) < 4.78 is 15.0. The highest BCUT2D eigenvalue weighted by molar-refractivity contribution is 7.20. The van der Waals surface area contributed by atoms with Gasteiger partial charge in [-0.3, -0.25) is 9.48 Å². The van der Waals surface area contributed by atoms with Gasteiger partial charge in [0.1, 0.15) is 10.6 Å². The van der Waals surface area contributed by atoms with Crippen LogP contribution in [0.5, 0.6) is 0 Å². The Kier molecular flexibility index (Phi) is 4.73. The first-order valence-corrected chi connectivity index (χ1v) is 9.82. The SMILES string of the molecule is Cc1ccc(C)c(NC(=O)c2cc3c(C)nn(Cc4ccc(F)cc4)c3s2)c1. The lowest BCUT2D eigenvalue weighted by atomic mass is 10.1. The quantitative estimate of drug-likeness (QED) is 0.500. The van der Waals surface area contributed by atoms with Gasteiger partial charge in [0.05, 0.1) is 17.1 Å².